The molecule has 3 N–H and O–H groups in total. The molecule has 18 heavy (non-hydrogen) atoms. The SMILES string of the molecule is CCCCN=C(N)NCCc1c(Cl)cccc1Cl. The van der Waals surface area contributed by atoms with E-state index >= 15 is 0 Å². The minimum absolute atomic E-state index is 0.478. The van der Waals surface area contributed by atoms with Crippen LogP contribution in [-0.4, -0.2) is 19.0 Å². The van der Waals surface area contributed by atoms with Crippen LogP contribution < -0.4 is 11.1 Å². The summed E-state index contributed by atoms with van der Waals surface area (Å²) in [6, 6.07) is 5.51. The molecule has 5 heteroatoms. The number of benzene rings is 1. The van der Waals surface area contributed by atoms with Crippen LogP contribution in [-0.2, 0) is 6.42 Å². The van der Waals surface area contributed by atoms with Gasteiger partial charge in [0.25, 0.3) is 0 Å². The largest absolute Gasteiger partial charge is 0.370 e. The van der Waals surface area contributed by atoms with Gasteiger partial charge in [-0.1, -0.05) is 42.6 Å². The van der Waals surface area contributed by atoms with Gasteiger partial charge in [-0.3, -0.25) is 4.99 Å². The predicted molar refractivity (Wildman–Crippen MR) is 79.6 cm³/mol. The number of nitrogens with two attached hydrogens (primary N) is 1. The van der Waals surface area contributed by atoms with Gasteiger partial charge >= 0.3 is 0 Å². The summed E-state index contributed by atoms with van der Waals surface area (Å²) < 4.78 is 0. The lowest BCUT2D eigenvalue weighted by Gasteiger charge is -2.08. The van der Waals surface area contributed by atoms with Crippen LogP contribution in [0.1, 0.15) is 25.3 Å². The second-order valence-electron chi connectivity index (χ2n) is 4.00. The van der Waals surface area contributed by atoms with Crippen molar-refractivity contribution in [2.45, 2.75) is 26.2 Å². The topological polar surface area (TPSA) is 50.4 Å². The van der Waals surface area contributed by atoms with Gasteiger partial charge in [0.15, 0.2) is 5.96 Å². The van der Waals surface area contributed by atoms with Crippen molar-refractivity contribution in [3.05, 3.63) is 33.8 Å². The first-order valence-corrected chi connectivity index (χ1v) is 6.87. The molecule has 0 atom stereocenters. The van der Waals surface area contributed by atoms with E-state index < -0.39 is 0 Å². The molecule has 0 radical (unpaired) electrons. The van der Waals surface area contributed by atoms with Gasteiger partial charge in [-0.15, -0.1) is 0 Å². The Morgan fingerprint density at radius 2 is 2.00 bits per heavy atom. The molecule has 0 spiro atoms. The van der Waals surface area contributed by atoms with Crippen LogP contribution in [0.15, 0.2) is 23.2 Å². The molecule has 3 nitrogen and oxygen atoms in total. The maximum atomic E-state index is 6.07. The van der Waals surface area contributed by atoms with E-state index in [1.54, 1.807) is 0 Å². The normalized spacial score (nSPS) is 11.6. The summed E-state index contributed by atoms with van der Waals surface area (Å²) in [7, 11) is 0. The fourth-order valence-electron chi connectivity index (χ4n) is 1.50. The third kappa shape index (κ3) is 5.15. The van der Waals surface area contributed by atoms with E-state index in [1.165, 1.54) is 0 Å². The van der Waals surface area contributed by atoms with Crippen molar-refractivity contribution in [1.82, 2.24) is 5.32 Å². The number of guanidine groups is 1. The number of aliphatic imine (C=N–C) groups is 1. The van der Waals surface area contributed by atoms with Crippen molar-refractivity contribution in [2.75, 3.05) is 13.1 Å². The molecule has 0 aliphatic heterocycles. The van der Waals surface area contributed by atoms with Gasteiger partial charge in [0, 0.05) is 23.1 Å². The van der Waals surface area contributed by atoms with Crippen molar-refractivity contribution in [3.8, 4) is 0 Å². The molecule has 0 saturated heterocycles. The van der Waals surface area contributed by atoms with E-state index in [2.05, 4.69) is 17.2 Å². The highest BCUT2D eigenvalue weighted by Gasteiger charge is 2.04. The highest BCUT2D eigenvalue weighted by atomic mass is 35.5. The third-order valence-corrected chi connectivity index (χ3v) is 3.24. The molecule has 1 aromatic carbocycles. The molecule has 0 aliphatic carbocycles. The summed E-state index contributed by atoms with van der Waals surface area (Å²) in [6.07, 6.45) is 2.90. The molecule has 1 rings (SSSR count). The lowest BCUT2D eigenvalue weighted by Crippen LogP contribution is -2.33. The van der Waals surface area contributed by atoms with Gasteiger partial charge in [0.05, 0.1) is 0 Å². The Morgan fingerprint density at radius 1 is 1.33 bits per heavy atom. The third-order valence-electron chi connectivity index (χ3n) is 2.54. The Labute approximate surface area is 118 Å². The van der Waals surface area contributed by atoms with Crippen molar-refractivity contribution >= 4 is 29.2 Å². The van der Waals surface area contributed by atoms with E-state index in [9.17, 15) is 0 Å². The molecule has 0 heterocycles. The number of nitrogens with one attached hydrogen (secondary N) is 1. The zero-order valence-electron chi connectivity index (χ0n) is 10.5. The molecule has 0 fully saturated rings. The fraction of sp³-hybridized carbons (Fsp3) is 0.462. The molecule has 1 aromatic rings. The smallest absolute Gasteiger partial charge is 0.188 e. The van der Waals surface area contributed by atoms with E-state index in [0.717, 1.165) is 31.4 Å². The lowest BCUT2D eigenvalue weighted by atomic mass is 10.1. The Bertz CT molecular complexity index is 385. The van der Waals surface area contributed by atoms with E-state index in [-0.39, 0.29) is 0 Å². The first kappa shape index (κ1) is 15.1. The highest BCUT2D eigenvalue weighted by Crippen LogP contribution is 2.24. The average molecular weight is 288 g/mol. The molecule has 0 amide bonds. The maximum Gasteiger partial charge on any atom is 0.188 e. The summed E-state index contributed by atoms with van der Waals surface area (Å²) in [6.45, 7) is 3.56. The number of hydrogen-bond donors (Lipinski definition) is 2. The summed E-state index contributed by atoms with van der Waals surface area (Å²) >= 11 is 12.1. The van der Waals surface area contributed by atoms with Crippen LogP contribution in [0.25, 0.3) is 0 Å². The lowest BCUT2D eigenvalue weighted by molar-refractivity contribution is 0.791. The number of halogens is 2. The average Bonchev–Trinajstić information content (AvgIpc) is 2.33. The zero-order chi connectivity index (χ0) is 13.4. The van der Waals surface area contributed by atoms with Gasteiger partial charge in [-0.05, 0) is 30.5 Å². The second-order valence-corrected chi connectivity index (χ2v) is 4.81. The van der Waals surface area contributed by atoms with E-state index in [1.807, 2.05) is 18.2 Å². The van der Waals surface area contributed by atoms with Gasteiger partial charge < -0.3 is 11.1 Å². The van der Waals surface area contributed by atoms with Crippen LogP contribution in [0.5, 0.6) is 0 Å². The van der Waals surface area contributed by atoms with Crippen molar-refractivity contribution in [3.63, 3.8) is 0 Å². The standard InChI is InChI=1S/C13H19Cl2N3/c1-2-3-8-17-13(16)18-9-7-10-11(14)5-4-6-12(10)15/h4-6H,2-3,7-9H2,1H3,(H3,16,17,18). The Morgan fingerprint density at radius 3 is 2.61 bits per heavy atom. The van der Waals surface area contributed by atoms with Gasteiger partial charge in [-0.2, -0.15) is 0 Å². The molecule has 0 aromatic heterocycles. The second kappa shape index (κ2) is 8.22. The monoisotopic (exact) mass is 287 g/mol. The Kier molecular flexibility index (Phi) is 6.91. The van der Waals surface area contributed by atoms with Crippen LogP contribution >= 0.6 is 23.2 Å². The maximum absolute atomic E-state index is 6.07. The van der Waals surface area contributed by atoms with Crippen LogP contribution in [0, 0.1) is 0 Å². The molecule has 0 unspecified atom stereocenters. The fourth-order valence-corrected chi connectivity index (χ4v) is 2.09. The number of unbranched alkanes of at least 4 members (excludes halogenated alkanes) is 1. The summed E-state index contributed by atoms with van der Waals surface area (Å²) in [5, 5.41) is 4.43. The van der Waals surface area contributed by atoms with E-state index in [0.29, 0.717) is 22.5 Å². The summed E-state index contributed by atoms with van der Waals surface area (Å²) in [5.41, 5.74) is 6.67. The van der Waals surface area contributed by atoms with Crippen molar-refractivity contribution < 1.29 is 0 Å². The quantitative estimate of drug-likeness (QED) is 0.479. The van der Waals surface area contributed by atoms with Gasteiger partial charge in [0.1, 0.15) is 0 Å². The predicted octanol–water partition coefficient (Wildman–Crippen LogP) is 3.24. The van der Waals surface area contributed by atoms with E-state index in [4.69, 9.17) is 28.9 Å². The number of nitrogens with zero attached hydrogens (tertiary/aromatic N) is 1. The minimum Gasteiger partial charge on any atom is -0.370 e. The number of rotatable bonds is 6. The van der Waals surface area contributed by atoms with Crippen LogP contribution in [0.3, 0.4) is 0 Å². The minimum atomic E-state index is 0.478. The molecular formula is C13H19Cl2N3. The molecular weight excluding hydrogens is 269 g/mol. The van der Waals surface area contributed by atoms with Gasteiger partial charge in [0.2, 0.25) is 0 Å². The Hall–Kier alpha value is -0.930. The van der Waals surface area contributed by atoms with Crippen molar-refractivity contribution in [2.24, 2.45) is 10.7 Å². The van der Waals surface area contributed by atoms with Crippen molar-refractivity contribution in [1.29, 1.82) is 0 Å². The molecule has 0 saturated carbocycles. The summed E-state index contributed by atoms with van der Waals surface area (Å²) in [5.74, 6) is 0.478. The molecule has 0 aliphatic rings. The first-order chi connectivity index (χ1) is 8.65. The molecule has 100 valence electrons. The van der Waals surface area contributed by atoms with Crippen LogP contribution in [0.4, 0.5) is 0 Å². The molecule has 0 bridgehead atoms. The zero-order valence-corrected chi connectivity index (χ0v) is 12.1. The first-order valence-electron chi connectivity index (χ1n) is 6.11. The number of hydrogen-bond acceptors (Lipinski definition) is 1. The highest BCUT2D eigenvalue weighted by molar-refractivity contribution is 6.35. The Balaban J connectivity index is 2.40. The van der Waals surface area contributed by atoms with Crippen LogP contribution in [0.2, 0.25) is 10.0 Å². The van der Waals surface area contributed by atoms with Gasteiger partial charge in [-0.25, -0.2) is 0 Å². The summed E-state index contributed by atoms with van der Waals surface area (Å²) in [4.78, 5) is 4.21.